The van der Waals surface area contributed by atoms with Gasteiger partial charge in [0.15, 0.2) is 5.82 Å². The van der Waals surface area contributed by atoms with Crippen molar-refractivity contribution in [2.75, 3.05) is 11.9 Å². The zero-order valence-electron chi connectivity index (χ0n) is 8.64. The van der Waals surface area contributed by atoms with E-state index >= 15 is 0 Å². The van der Waals surface area contributed by atoms with Crippen molar-refractivity contribution in [1.82, 2.24) is 4.98 Å². The van der Waals surface area contributed by atoms with Crippen LogP contribution < -0.4 is 5.32 Å². The van der Waals surface area contributed by atoms with E-state index in [0.29, 0.717) is 0 Å². The number of carboxylic acid groups (broad SMARTS) is 1. The van der Waals surface area contributed by atoms with E-state index in [4.69, 9.17) is 16.7 Å². The third-order valence-electron chi connectivity index (χ3n) is 1.67. The Morgan fingerprint density at radius 3 is 2.94 bits per heavy atom. The van der Waals surface area contributed by atoms with Crippen LogP contribution in [0.4, 0.5) is 10.6 Å². The number of rotatable bonds is 4. The van der Waals surface area contributed by atoms with Gasteiger partial charge in [-0.1, -0.05) is 24.3 Å². The molecule has 0 aliphatic carbocycles. The summed E-state index contributed by atoms with van der Waals surface area (Å²) in [7, 11) is 0. The molecule has 0 saturated carbocycles. The molecule has 0 aliphatic heterocycles. The summed E-state index contributed by atoms with van der Waals surface area (Å²) in [6.45, 7) is 3.40. The average Bonchev–Trinajstić information content (AvgIpc) is 2.28. The zero-order chi connectivity index (χ0) is 12.8. The first-order valence-electron chi connectivity index (χ1n) is 4.48. The number of carboxylic acids is 1. The van der Waals surface area contributed by atoms with Crippen LogP contribution in [0.2, 0.25) is 5.02 Å². The van der Waals surface area contributed by atoms with Gasteiger partial charge in [-0.15, -0.1) is 0 Å². The zero-order valence-corrected chi connectivity index (χ0v) is 9.40. The molecule has 0 aliphatic rings. The molecule has 2 N–H and O–H groups in total. The molecule has 6 nitrogen and oxygen atoms in total. The molecular weight excluding hydrogens is 248 g/mol. The number of amides is 1. The summed E-state index contributed by atoms with van der Waals surface area (Å²) in [5.41, 5.74) is -0.152. The van der Waals surface area contributed by atoms with Gasteiger partial charge in [0.05, 0.1) is 10.6 Å². The van der Waals surface area contributed by atoms with Gasteiger partial charge in [-0.25, -0.2) is 14.6 Å². The molecule has 0 spiro atoms. The third kappa shape index (κ3) is 3.46. The second kappa shape index (κ2) is 5.86. The van der Waals surface area contributed by atoms with Crippen molar-refractivity contribution < 1.29 is 19.4 Å². The van der Waals surface area contributed by atoms with Crippen LogP contribution in [-0.4, -0.2) is 28.8 Å². The molecule has 17 heavy (non-hydrogen) atoms. The van der Waals surface area contributed by atoms with E-state index in [9.17, 15) is 9.59 Å². The Labute approximate surface area is 102 Å². The van der Waals surface area contributed by atoms with E-state index in [-0.39, 0.29) is 23.0 Å². The van der Waals surface area contributed by atoms with Gasteiger partial charge in [-0.05, 0) is 6.07 Å². The number of aromatic carboxylic acids is 1. The molecule has 1 rings (SSSR count). The van der Waals surface area contributed by atoms with Crippen molar-refractivity contribution in [1.29, 1.82) is 0 Å². The Morgan fingerprint density at radius 2 is 2.35 bits per heavy atom. The lowest BCUT2D eigenvalue weighted by Crippen LogP contribution is -2.15. The minimum atomic E-state index is -1.21. The number of halogens is 1. The lowest BCUT2D eigenvalue weighted by Gasteiger charge is -2.07. The summed E-state index contributed by atoms with van der Waals surface area (Å²) < 4.78 is 4.64. The van der Waals surface area contributed by atoms with Gasteiger partial charge >= 0.3 is 12.1 Å². The summed E-state index contributed by atoms with van der Waals surface area (Å²) >= 11 is 5.75. The maximum absolute atomic E-state index is 11.2. The largest absolute Gasteiger partial charge is 0.478 e. The predicted molar refractivity (Wildman–Crippen MR) is 61.4 cm³/mol. The van der Waals surface area contributed by atoms with E-state index < -0.39 is 12.1 Å². The number of anilines is 1. The van der Waals surface area contributed by atoms with Crippen molar-refractivity contribution >= 4 is 29.5 Å². The molecular formula is C10H9ClN2O4. The van der Waals surface area contributed by atoms with Crippen LogP contribution in [0.3, 0.4) is 0 Å². The number of nitrogens with zero attached hydrogens (tertiary/aromatic N) is 1. The van der Waals surface area contributed by atoms with Crippen LogP contribution >= 0.6 is 11.6 Å². The minimum Gasteiger partial charge on any atom is -0.478 e. The van der Waals surface area contributed by atoms with Crippen molar-refractivity contribution in [3.05, 3.63) is 35.5 Å². The highest BCUT2D eigenvalue weighted by atomic mass is 35.5. The van der Waals surface area contributed by atoms with Crippen LogP contribution in [0, 0.1) is 0 Å². The number of carbonyl (C=O) groups is 2. The van der Waals surface area contributed by atoms with Crippen LogP contribution in [0.25, 0.3) is 0 Å². The van der Waals surface area contributed by atoms with Gasteiger partial charge in [0.1, 0.15) is 6.61 Å². The highest BCUT2D eigenvalue weighted by Gasteiger charge is 2.15. The Morgan fingerprint density at radius 1 is 1.65 bits per heavy atom. The molecule has 0 atom stereocenters. The topological polar surface area (TPSA) is 88.5 Å². The monoisotopic (exact) mass is 256 g/mol. The van der Waals surface area contributed by atoms with Crippen LogP contribution in [0.5, 0.6) is 0 Å². The van der Waals surface area contributed by atoms with Gasteiger partial charge in [0, 0.05) is 6.20 Å². The molecule has 0 fully saturated rings. The first kappa shape index (κ1) is 13.0. The number of carbonyl (C=O) groups excluding carboxylic acids is 1. The molecule has 0 aromatic carbocycles. The fraction of sp³-hybridized carbons (Fsp3) is 0.100. The van der Waals surface area contributed by atoms with Gasteiger partial charge in [0.25, 0.3) is 0 Å². The maximum Gasteiger partial charge on any atom is 0.413 e. The SMILES string of the molecule is C=CCOC(=O)Nc1nccc(C(=O)O)c1Cl. The quantitative estimate of drug-likeness (QED) is 0.806. The second-order valence-corrected chi connectivity index (χ2v) is 3.22. The summed E-state index contributed by atoms with van der Waals surface area (Å²) in [6, 6.07) is 1.23. The van der Waals surface area contributed by atoms with Crippen molar-refractivity contribution in [3.63, 3.8) is 0 Å². The number of aromatic nitrogens is 1. The minimum absolute atomic E-state index is 0.0298. The third-order valence-corrected chi connectivity index (χ3v) is 2.05. The van der Waals surface area contributed by atoms with E-state index in [2.05, 4.69) is 21.6 Å². The number of hydrogen-bond donors (Lipinski definition) is 2. The molecule has 7 heteroatoms. The lowest BCUT2D eigenvalue weighted by atomic mass is 10.2. The summed E-state index contributed by atoms with van der Waals surface area (Å²) in [5.74, 6) is -1.28. The summed E-state index contributed by atoms with van der Waals surface area (Å²) in [6.07, 6.45) is 1.82. The van der Waals surface area contributed by atoms with Crippen molar-refractivity contribution in [2.24, 2.45) is 0 Å². The summed E-state index contributed by atoms with van der Waals surface area (Å²) in [5, 5.41) is 10.9. The maximum atomic E-state index is 11.2. The second-order valence-electron chi connectivity index (χ2n) is 2.84. The van der Waals surface area contributed by atoms with E-state index in [1.165, 1.54) is 18.3 Å². The Balaban J connectivity index is 2.85. The molecule has 1 aromatic heterocycles. The van der Waals surface area contributed by atoms with Gasteiger partial charge in [-0.2, -0.15) is 0 Å². The van der Waals surface area contributed by atoms with Crippen LogP contribution in [-0.2, 0) is 4.74 Å². The Bertz CT molecular complexity index is 462. The van der Waals surface area contributed by atoms with Crippen LogP contribution in [0.15, 0.2) is 24.9 Å². The molecule has 0 saturated heterocycles. The Kier molecular flexibility index (Phi) is 4.47. The first-order valence-corrected chi connectivity index (χ1v) is 4.86. The van der Waals surface area contributed by atoms with Crippen LogP contribution in [0.1, 0.15) is 10.4 Å². The number of nitrogens with one attached hydrogen (secondary N) is 1. The van der Waals surface area contributed by atoms with Crippen molar-refractivity contribution in [3.8, 4) is 0 Å². The summed E-state index contributed by atoms with van der Waals surface area (Å²) in [4.78, 5) is 25.7. The fourth-order valence-electron chi connectivity index (χ4n) is 0.963. The van der Waals surface area contributed by atoms with Gasteiger partial charge in [0.2, 0.25) is 0 Å². The number of ether oxygens (including phenoxy) is 1. The Hall–Kier alpha value is -2.08. The number of hydrogen-bond acceptors (Lipinski definition) is 4. The smallest absolute Gasteiger partial charge is 0.413 e. The standard InChI is InChI=1S/C10H9ClN2O4/c1-2-5-17-10(16)13-8-7(11)6(9(14)15)3-4-12-8/h2-4H,1,5H2,(H,14,15)(H,12,13,16). The molecule has 0 bridgehead atoms. The highest BCUT2D eigenvalue weighted by Crippen LogP contribution is 2.23. The first-order chi connectivity index (χ1) is 8.06. The lowest BCUT2D eigenvalue weighted by molar-refractivity contribution is 0.0697. The van der Waals surface area contributed by atoms with Gasteiger partial charge in [-0.3, -0.25) is 5.32 Å². The van der Waals surface area contributed by atoms with E-state index in [1.807, 2.05) is 0 Å². The molecule has 90 valence electrons. The molecule has 1 amide bonds. The molecule has 0 unspecified atom stereocenters. The molecule has 0 radical (unpaired) electrons. The van der Waals surface area contributed by atoms with Crippen molar-refractivity contribution in [2.45, 2.75) is 0 Å². The predicted octanol–water partition coefficient (Wildman–Crippen LogP) is 2.17. The van der Waals surface area contributed by atoms with E-state index in [0.717, 1.165) is 0 Å². The van der Waals surface area contributed by atoms with E-state index in [1.54, 1.807) is 0 Å². The highest BCUT2D eigenvalue weighted by molar-refractivity contribution is 6.36. The normalized spacial score (nSPS) is 9.47. The van der Waals surface area contributed by atoms with Gasteiger partial charge < -0.3 is 9.84 Å². The fourth-order valence-corrected chi connectivity index (χ4v) is 1.20. The molecule has 1 heterocycles. The average molecular weight is 257 g/mol. The number of pyridine rings is 1. The molecule has 1 aromatic rings.